The van der Waals surface area contributed by atoms with E-state index < -0.39 is 0 Å². The molecule has 0 N–H and O–H groups in total. The van der Waals surface area contributed by atoms with Crippen molar-refractivity contribution in [3.8, 4) is 0 Å². The molecule has 6 nitrogen and oxygen atoms in total. The van der Waals surface area contributed by atoms with Crippen LogP contribution in [-0.2, 0) is 13.6 Å². The second-order valence-electron chi connectivity index (χ2n) is 7.35. The van der Waals surface area contributed by atoms with Gasteiger partial charge in [-0.15, -0.1) is 0 Å². The van der Waals surface area contributed by atoms with Crippen LogP contribution < -0.4 is 0 Å². The minimum Gasteiger partial charge on any atom is -0.339 e. The largest absolute Gasteiger partial charge is 0.339 e. The minimum absolute atomic E-state index is 0.328. The van der Waals surface area contributed by atoms with Crippen LogP contribution in [0.1, 0.15) is 54.6 Å². The first-order chi connectivity index (χ1) is 11.1. The summed E-state index contributed by atoms with van der Waals surface area (Å²) in [5.41, 5.74) is 2.90. The first-order valence-corrected chi connectivity index (χ1v) is 8.57. The van der Waals surface area contributed by atoms with Gasteiger partial charge in [0, 0.05) is 37.9 Å². The maximum Gasteiger partial charge on any atom is 0.231 e. The van der Waals surface area contributed by atoms with Crippen LogP contribution in [0.5, 0.6) is 0 Å². The molecule has 2 aromatic rings. The summed E-state index contributed by atoms with van der Waals surface area (Å²) in [6.07, 6.45) is 7.21. The highest BCUT2D eigenvalue weighted by Gasteiger charge is 2.50. The number of hydrogen-bond acceptors (Lipinski definition) is 5. The third-order valence-corrected chi connectivity index (χ3v) is 5.89. The fourth-order valence-electron chi connectivity index (χ4n) is 4.51. The minimum atomic E-state index is 0.328. The molecule has 0 aromatic carbocycles. The van der Waals surface area contributed by atoms with Gasteiger partial charge in [-0.25, -0.2) is 0 Å². The number of aryl methyl sites for hydroxylation is 2. The lowest BCUT2D eigenvalue weighted by molar-refractivity contribution is 0.227. The first kappa shape index (κ1) is 14.9. The lowest BCUT2D eigenvalue weighted by Crippen LogP contribution is -2.26. The molecule has 2 aliphatic rings. The zero-order chi connectivity index (χ0) is 16.0. The van der Waals surface area contributed by atoms with Gasteiger partial charge in [-0.3, -0.25) is 9.58 Å². The van der Waals surface area contributed by atoms with E-state index in [0.29, 0.717) is 11.3 Å². The molecule has 1 atom stereocenters. The Labute approximate surface area is 136 Å². The molecule has 0 amide bonds. The highest BCUT2D eigenvalue weighted by Crippen LogP contribution is 2.53. The third-order valence-electron chi connectivity index (χ3n) is 5.89. The smallest absolute Gasteiger partial charge is 0.231 e. The Morgan fingerprint density at radius 2 is 2.09 bits per heavy atom. The van der Waals surface area contributed by atoms with Crippen molar-refractivity contribution < 1.29 is 4.52 Å². The number of hydrogen-bond donors (Lipinski definition) is 0. The molecule has 0 bridgehead atoms. The molecule has 1 aliphatic heterocycles. The van der Waals surface area contributed by atoms with Crippen LogP contribution in [0.15, 0.2) is 10.7 Å². The van der Waals surface area contributed by atoms with E-state index in [-0.39, 0.29) is 0 Å². The van der Waals surface area contributed by atoms with Crippen LogP contribution in [0.3, 0.4) is 0 Å². The second-order valence-corrected chi connectivity index (χ2v) is 7.35. The number of rotatable bonds is 3. The highest BCUT2D eigenvalue weighted by molar-refractivity contribution is 5.18. The van der Waals surface area contributed by atoms with Gasteiger partial charge in [-0.05, 0) is 32.1 Å². The van der Waals surface area contributed by atoms with Gasteiger partial charge in [0.05, 0.1) is 12.1 Å². The molecular formula is C17H25N5O. The van der Waals surface area contributed by atoms with Crippen LogP contribution in [0, 0.1) is 19.3 Å². The monoisotopic (exact) mass is 315 g/mol. The molecule has 4 rings (SSSR count). The third kappa shape index (κ3) is 2.49. The fraction of sp³-hybridized carbons (Fsp3) is 0.706. The van der Waals surface area contributed by atoms with Crippen molar-refractivity contribution >= 4 is 0 Å². The zero-order valence-corrected chi connectivity index (χ0v) is 14.2. The van der Waals surface area contributed by atoms with Crippen LogP contribution >= 0.6 is 0 Å². The Kier molecular flexibility index (Phi) is 3.52. The Hall–Kier alpha value is -1.69. The number of nitrogens with zero attached hydrogens (tertiary/aromatic N) is 5. The molecule has 1 saturated heterocycles. The number of likely N-dealkylation sites (tertiary alicyclic amines) is 1. The highest BCUT2D eigenvalue weighted by atomic mass is 16.5. The van der Waals surface area contributed by atoms with Crippen molar-refractivity contribution in [3.63, 3.8) is 0 Å². The molecule has 0 radical (unpaired) electrons. The molecule has 2 fully saturated rings. The average molecular weight is 315 g/mol. The van der Waals surface area contributed by atoms with E-state index >= 15 is 0 Å². The van der Waals surface area contributed by atoms with Crippen molar-refractivity contribution in [2.75, 3.05) is 13.1 Å². The van der Waals surface area contributed by atoms with E-state index in [0.717, 1.165) is 31.3 Å². The molecule has 3 heterocycles. The van der Waals surface area contributed by atoms with Gasteiger partial charge in [0.2, 0.25) is 5.89 Å². The Bertz CT molecular complexity index is 698. The molecular weight excluding hydrogens is 290 g/mol. The van der Waals surface area contributed by atoms with E-state index in [9.17, 15) is 0 Å². The number of aromatic nitrogens is 4. The molecule has 23 heavy (non-hydrogen) atoms. The quantitative estimate of drug-likeness (QED) is 0.871. The molecule has 1 spiro atoms. The lowest BCUT2D eigenvalue weighted by Gasteiger charge is -2.27. The van der Waals surface area contributed by atoms with E-state index in [2.05, 4.69) is 27.1 Å². The van der Waals surface area contributed by atoms with Gasteiger partial charge in [0.25, 0.3) is 0 Å². The van der Waals surface area contributed by atoms with Crippen molar-refractivity contribution in [2.45, 2.75) is 52.0 Å². The Morgan fingerprint density at radius 3 is 2.70 bits per heavy atom. The van der Waals surface area contributed by atoms with E-state index in [1.165, 1.54) is 36.9 Å². The predicted molar refractivity (Wildman–Crippen MR) is 85.9 cm³/mol. The maximum absolute atomic E-state index is 5.56. The summed E-state index contributed by atoms with van der Waals surface area (Å²) in [6, 6.07) is 0. The summed E-state index contributed by atoms with van der Waals surface area (Å²) in [5, 5.41) is 8.40. The molecule has 1 saturated carbocycles. The van der Waals surface area contributed by atoms with Gasteiger partial charge in [-0.2, -0.15) is 10.1 Å². The summed E-state index contributed by atoms with van der Waals surface area (Å²) in [7, 11) is 2.01. The standard InChI is InChI=1S/C17H25N5O/c1-12-14(8-18-21(12)3)9-22-10-15(16-19-13(2)20-23-16)17(11-22)6-4-5-7-17/h8,15H,4-7,9-11H2,1-3H3. The average Bonchev–Trinajstić information content (AvgIpc) is 3.28. The van der Waals surface area contributed by atoms with Crippen molar-refractivity contribution in [1.82, 2.24) is 24.8 Å². The van der Waals surface area contributed by atoms with Gasteiger partial charge in [0.15, 0.2) is 5.82 Å². The second kappa shape index (κ2) is 5.44. The van der Waals surface area contributed by atoms with Crippen molar-refractivity contribution in [3.05, 3.63) is 29.2 Å². The summed E-state index contributed by atoms with van der Waals surface area (Å²) in [6.45, 7) is 7.15. The van der Waals surface area contributed by atoms with Crippen molar-refractivity contribution in [2.24, 2.45) is 12.5 Å². The van der Waals surface area contributed by atoms with Crippen LogP contribution in [-0.4, -0.2) is 37.9 Å². The zero-order valence-electron chi connectivity index (χ0n) is 14.2. The van der Waals surface area contributed by atoms with Crippen LogP contribution in [0.25, 0.3) is 0 Å². The Morgan fingerprint density at radius 1 is 1.30 bits per heavy atom. The van der Waals surface area contributed by atoms with E-state index in [1.54, 1.807) is 0 Å². The molecule has 6 heteroatoms. The lowest BCUT2D eigenvalue weighted by atomic mass is 9.76. The van der Waals surface area contributed by atoms with Gasteiger partial charge in [-0.1, -0.05) is 18.0 Å². The molecule has 124 valence electrons. The molecule has 2 aromatic heterocycles. The maximum atomic E-state index is 5.56. The van der Waals surface area contributed by atoms with Crippen molar-refractivity contribution in [1.29, 1.82) is 0 Å². The normalized spacial score (nSPS) is 24.0. The van der Waals surface area contributed by atoms with E-state index in [4.69, 9.17) is 4.52 Å². The topological polar surface area (TPSA) is 60.0 Å². The predicted octanol–water partition coefficient (Wildman–Crippen LogP) is 2.58. The first-order valence-electron chi connectivity index (χ1n) is 8.57. The summed E-state index contributed by atoms with van der Waals surface area (Å²) >= 11 is 0. The SMILES string of the molecule is Cc1noc(C2CN(Cc3cnn(C)c3C)CC23CCCC3)n1. The van der Waals surface area contributed by atoms with E-state index in [1.807, 2.05) is 24.9 Å². The van der Waals surface area contributed by atoms with Gasteiger partial charge >= 0.3 is 0 Å². The Balaban J connectivity index is 1.58. The summed E-state index contributed by atoms with van der Waals surface area (Å²) in [5.74, 6) is 1.97. The van der Waals surface area contributed by atoms with Gasteiger partial charge < -0.3 is 4.52 Å². The molecule has 1 unspecified atom stereocenters. The summed E-state index contributed by atoms with van der Waals surface area (Å²) < 4.78 is 7.51. The van der Waals surface area contributed by atoms with Gasteiger partial charge in [0.1, 0.15) is 0 Å². The van der Waals surface area contributed by atoms with Crippen LogP contribution in [0.2, 0.25) is 0 Å². The molecule has 1 aliphatic carbocycles. The fourth-order valence-corrected chi connectivity index (χ4v) is 4.51. The van der Waals surface area contributed by atoms with Crippen LogP contribution in [0.4, 0.5) is 0 Å². The summed E-state index contributed by atoms with van der Waals surface area (Å²) in [4.78, 5) is 7.11.